The van der Waals surface area contributed by atoms with Crippen molar-refractivity contribution in [3.05, 3.63) is 39.4 Å². The van der Waals surface area contributed by atoms with Gasteiger partial charge in [-0.05, 0) is 43.9 Å². The Hall–Kier alpha value is -1.22. The van der Waals surface area contributed by atoms with E-state index in [1.54, 1.807) is 0 Å². The lowest BCUT2D eigenvalue weighted by atomic mass is 10.0. The van der Waals surface area contributed by atoms with Gasteiger partial charge in [-0.25, -0.2) is 0 Å². The molecule has 104 valence electrons. The van der Waals surface area contributed by atoms with Crippen molar-refractivity contribution in [3.63, 3.8) is 0 Å². The smallest absolute Gasteiger partial charge is 0.0943 e. The second kappa shape index (κ2) is 5.83. The molecule has 1 fully saturated rings. The van der Waals surface area contributed by atoms with Gasteiger partial charge < -0.3 is 10.2 Å². The number of nitrogens with zero attached hydrogens (tertiary/aromatic N) is 1. The first-order valence-corrected chi connectivity index (χ1v) is 7.80. The van der Waals surface area contributed by atoms with E-state index < -0.39 is 0 Å². The van der Waals surface area contributed by atoms with Gasteiger partial charge in [0.1, 0.15) is 0 Å². The van der Waals surface area contributed by atoms with Crippen LogP contribution in [0.5, 0.6) is 0 Å². The maximum Gasteiger partial charge on any atom is 0.0943 e. The van der Waals surface area contributed by atoms with Crippen LogP contribution in [0, 0.1) is 13.8 Å². The molecule has 3 heteroatoms. The van der Waals surface area contributed by atoms with Crippen molar-refractivity contribution >= 4 is 16.9 Å². The van der Waals surface area contributed by atoms with Crippen LogP contribution in [0.2, 0.25) is 0 Å². The van der Waals surface area contributed by atoms with Gasteiger partial charge in [-0.2, -0.15) is 0 Å². The number of allylic oxidation sites excluding steroid dienone is 2. The van der Waals surface area contributed by atoms with Gasteiger partial charge in [0.2, 0.25) is 0 Å². The van der Waals surface area contributed by atoms with E-state index in [-0.39, 0.29) is 0 Å². The summed E-state index contributed by atoms with van der Waals surface area (Å²) in [5, 5.41) is 3.30. The predicted octanol–water partition coefficient (Wildman–Crippen LogP) is 4.05. The number of aryl methyl sites for hydroxylation is 1. The van der Waals surface area contributed by atoms with Crippen molar-refractivity contribution < 1.29 is 0 Å². The highest BCUT2D eigenvalue weighted by molar-refractivity contribution is 7.12. The molecule has 0 radical (unpaired) electrons. The van der Waals surface area contributed by atoms with Crippen LogP contribution in [-0.4, -0.2) is 18.0 Å². The van der Waals surface area contributed by atoms with Crippen molar-refractivity contribution in [1.29, 1.82) is 0 Å². The second-order valence-electron chi connectivity index (χ2n) is 5.17. The number of rotatable bonds is 4. The molecule has 1 aliphatic heterocycles. The third-order valence-electron chi connectivity index (χ3n) is 3.75. The summed E-state index contributed by atoms with van der Waals surface area (Å²) in [7, 11) is 0. The number of nitrogens with one attached hydrogen (secondary N) is 1. The van der Waals surface area contributed by atoms with E-state index in [2.05, 4.69) is 50.6 Å². The fourth-order valence-corrected chi connectivity index (χ4v) is 4.04. The Labute approximate surface area is 120 Å². The molecule has 0 unspecified atom stereocenters. The molecule has 0 aromatic carbocycles. The highest BCUT2D eigenvalue weighted by atomic mass is 32.1. The zero-order valence-corrected chi connectivity index (χ0v) is 13.3. The molecule has 0 atom stereocenters. The molecule has 2 heterocycles. The van der Waals surface area contributed by atoms with Gasteiger partial charge in [0.05, 0.1) is 12.4 Å². The molecule has 1 aromatic heterocycles. The Kier molecular flexibility index (Phi) is 4.35. The van der Waals surface area contributed by atoms with Crippen LogP contribution in [0.4, 0.5) is 0 Å². The molecule has 0 bridgehead atoms. The molecular weight excluding hydrogens is 252 g/mol. The highest BCUT2D eigenvalue weighted by Gasteiger charge is 2.19. The third-order valence-corrected chi connectivity index (χ3v) is 4.95. The minimum atomic E-state index is 0.989. The second-order valence-corrected chi connectivity index (χ2v) is 6.48. The first kappa shape index (κ1) is 14.2. The number of thiophene rings is 1. The lowest BCUT2D eigenvalue weighted by Crippen LogP contribution is -2.18. The van der Waals surface area contributed by atoms with E-state index in [0.29, 0.717) is 0 Å². The van der Waals surface area contributed by atoms with Gasteiger partial charge >= 0.3 is 0 Å². The summed E-state index contributed by atoms with van der Waals surface area (Å²) in [4.78, 5) is 5.25. The lowest BCUT2D eigenvalue weighted by Gasteiger charge is -2.17. The lowest BCUT2D eigenvalue weighted by molar-refractivity contribution is 0.393. The Morgan fingerprint density at radius 2 is 2.21 bits per heavy atom. The summed E-state index contributed by atoms with van der Waals surface area (Å²) in [6, 6.07) is 0. The summed E-state index contributed by atoms with van der Waals surface area (Å²) in [5.74, 6) is 1.06. The standard InChI is InChI=1S/C16H24N2S/c1-6-7-11(2)16-12(3)15(19-13(16)4)10-18-9-8-17-14(18)5/h7,17H,5-6,8-10H2,1-4H3/b11-7+. The SMILES string of the molecule is C=C1NCCN1Cc1sc(C)c(/C(C)=C/CC)c1C. The van der Waals surface area contributed by atoms with Crippen LogP contribution in [0.1, 0.15) is 41.1 Å². The zero-order valence-electron chi connectivity index (χ0n) is 12.5. The molecule has 2 rings (SSSR count). The van der Waals surface area contributed by atoms with Crippen LogP contribution in [0.25, 0.3) is 5.57 Å². The van der Waals surface area contributed by atoms with Gasteiger partial charge in [-0.15, -0.1) is 11.3 Å². The summed E-state index contributed by atoms with van der Waals surface area (Å²) in [6.45, 7) is 16.1. The Morgan fingerprint density at radius 3 is 2.79 bits per heavy atom. The monoisotopic (exact) mass is 276 g/mol. The van der Waals surface area contributed by atoms with Crippen molar-refractivity contribution in [2.45, 2.75) is 40.7 Å². The summed E-state index contributed by atoms with van der Waals surface area (Å²) in [6.07, 6.45) is 3.42. The van der Waals surface area contributed by atoms with E-state index in [0.717, 1.165) is 31.9 Å². The minimum absolute atomic E-state index is 0.989. The van der Waals surface area contributed by atoms with Crippen LogP contribution in [0.3, 0.4) is 0 Å². The Bertz CT molecular complexity index is 511. The summed E-state index contributed by atoms with van der Waals surface area (Å²) >= 11 is 1.93. The molecule has 0 saturated carbocycles. The van der Waals surface area contributed by atoms with Gasteiger partial charge in [-0.1, -0.05) is 19.6 Å². The first-order valence-electron chi connectivity index (χ1n) is 6.98. The summed E-state index contributed by atoms with van der Waals surface area (Å²) < 4.78 is 0. The van der Waals surface area contributed by atoms with Gasteiger partial charge in [-0.3, -0.25) is 0 Å². The van der Waals surface area contributed by atoms with E-state index in [1.165, 1.54) is 26.5 Å². The molecule has 1 saturated heterocycles. The molecule has 1 aromatic rings. The Morgan fingerprint density at radius 1 is 1.47 bits per heavy atom. The van der Waals surface area contributed by atoms with E-state index in [4.69, 9.17) is 0 Å². The minimum Gasteiger partial charge on any atom is -0.370 e. The molecule has 1 aliphatic rings. The average Bonchev–Trinajstić information content (AvgIpc) is 2.86. The Balaban J connectivity index is 2.26. The van der Waals surface area contributed by atoms with Gasteiger partial charge in [0.25, 0.3) is 0 Å². The van der Waals surface area contributed by atoms with Crippen molar-refractivity contribution in [1.82, 2.24) is 10.2 Å². The molecule has 0 amide bonds. The molecule has 19 heavy (non-hydrogen) atoms. The fraction of sp³-hybridized carbons (Fsp3) is 0.500. The predicted molar refractivity (Wildman–Crippen MR) is 85.3 cm³/mol. The van der Waals surface area contributed by atoms with Gasteiger partial charge in [0.15, 0.2) is 0 Å². The van der Waals surface area contributed by atoms with Crippen LogP contribution in [-0.2, 0) is 6.54 Å². The van der Waals surface area contributed by atoms with Crippen molar-refractivity contribution in [3.8, 4) is 0 Å². The van der Waals surface area contributed by atoms with E-state index in [9.17, 15) is 0 Å². The van der Waals surface area contributed by atoms with Crippen LogP contribution in [0.15, 0.2) is 18.5 Å². The van der Waals surface area contributed by atoms with E-state index in [1.807, 2.05) is 11.3 Å². The quantitative estimate of drug-likeness (QED) is 0.892. The third kappa shape index (κ3) is 2.86. The molecule has 0 aliphatic carbocycles. The zero-order chi connectivity index (χ0) is 14.0. The average molecular weight is 276 g/mol. The van der Waals surface area contributed by atoms with Crippen LogP contribution < -0.4 is 5.32 Å². The normalized spacial score (nSPS) is 16.1. The summed E-state index contributed by atoms with van der Waals surface area (Å²) in [5.41, 5.74) is 4.32. The van der Waals surface area contributed by atoms with Crippen LogP contribution >= 0.6 is 11.3 Å². The maximum atomic E-state index is 4.06. The molecular formula is C16H24N2S. The maximum absolute atomic E-state index is 4.06. The van der Waals surface area contributed by atoms with Gasteiger partial charge in [0, 0.05) is 22.8 Å². The number of hydrogen-bond acceptors (Lipinski definition) is 3. The van der Waals surface area contributed by atoms with E-state index >= 15 is 0 Å². The van der Waals surface area contributed by atoms with Crippen molar-refractivity contribution in [2.75, 3.05) is 13.1 Å². The topological polar surface area (TPSA) is 15.3 Å². The largest absolute Gasteiger partial charge is 0.370 e. The molecule has 1 N–H and O–H groups in total. The number of hydrogen-bond donors (Lipinski definition) is 1. The highest BCUT2D eigenvalue weighted by Crippen LogP contribution is 2.34. The fourth-order valence-electron chi connectivity index (χ4n) is 2.78. The first-order chi connectivity index (χ1) is 9.04. The molecule has 2 nitrogen and oxygen atoms in total. The van der Waals surface area contributed by atoms with Crippen molar-refractivity contribution in [2.24, 2.45) is 0 Å². The molecule has 0 spiro atoms.